The third kappa shape index (κ3) is 2.98. The summed E-state index contributed by atoms with van der Waals surface area (Å²) in [5.41, 5.74) is 2.51. The lowest BCUT2D eigenvalue weighted by atomic mass is 10.0. The van der Waals surface area contributed by atoms with E-state index in [0.717, 1.165) is 12.8 Å². The molecule has 1 heterocycles. The van der Waals surface area contributed by atoms with Crippen molar-refractivity contribution in [3.8, 4) is 0 Å². The van der Waals surface area contributed by atoms with Gasteiger partial charge in [0.2, 0.25) is 0 Å². The van der Waals surface area contributed by atoms with Gasteiger partial charge < -0.3 is 4.79 Å². The van der Waals surface area contributed by atoms with Crippen molar-refractivity contribution in [2.45, 2.75) is 33.1 Å². The Morgan fingerprint density at radius 3 is 2.85 bits per heavy atom. The van der Waals surface area contributed by atoms with Crippen molar-refractivity contribution in [1.82, 2.24) is 4.98 Å². The van der Waals surface area contributed by atoms with E-state index >= 15 is 0 Å². The zero-order valence-electron chi connectivity index (χ0n) is 8.21. The van der Waals surface area contributed by atoms with Gasteiger partial charge >= 0.3 is 0 Å². The second-order valence-electron chi connectivity index (χ2n) is 3.20. The van der Waals surface area contributed by atoms with E-state index in [4.69, 9.17) is 0 Å². The number of Topliss-reactive ketones (excluding diaryl/α,β-unsaturated/α-hetero) is 1. The van der Waals surface area contributed by atoms with Gasteiger partial charge in [0.05, 0.1) is 0 Å². The summed E-state index contributed by atoms with van der Waals surface area (Å²) in [4.78, 5) is 14.9. The van der Waals surface area contributed by atoms with E-state index in [1.54, 1.807) is 13.1 Å². The van der Waals surface area contributed by atoms with Gasteiger partial charge in [-0.2, -0.15) is 0 Å². The lowest BCUT2D eigenvalue weighted by molar-refractivity contribution is -0.116. The number of ketones is 1. The molecule has 1 rings (SSSR count). The first kappa shape index (κ1) is 9.90. The third-order valence-corrected chi connectivity index (χ3v) is 2.13. The van der Waals surface area contributed by atoms with Crippen LogP contribution in [0.1, 0.15) is 31.4 Å². The summed E-state index contributed by atoms with van der Waals surface area (Å²) in [6, 6.07) is 2.00. The van der Waals surface area contributed by atoms with Gasteiger partial charge in [-0.25, -0.2) is 0 Å². The molecule has 2 nitrogen and oxygen atoms in total. The Labute approximate surface area is 79.0 Å². The average Bonchev–Trinajstić information content (AvgIpc) is 2.15. The Kier molecular flexibility index (Phi) is 3.62. The van der Waals surface area contributed by atoms with Gasteiger partial charge in [0.25, 0.3) is 0 Å². The van der Waals surface area contributed by atoms with Crippen LogP contribution in [-0.2, 0) is 17.6 Å². The minimum atomic E-state index is 0.249. The van der Waals surface area contributed by atoms with Crippen molar-refractivity contribution >= 4 is 5.78 Å². The molecule has 0 saturated carbocycles. The van der Waals surface area contributed by atoms with Crippen LogP contribution in [0, 0.1) is 0 Å². The number of carbonyl (C=O) groups is 1. The predicted octanol–water partition coefficient (Wildman–Crippen LogP) is 2.17. The molecule has 0 aliphatic carbocycles. The third-order valence-electron chi connectivity index (χ3n) is 2.13. The Balaban J connectivity index is 2.69. The molecule has 0 saturated heterocycles. The van der Waals surface area contributed by atoms with Crippen molar-refractivity contribution in [1.29, 1.82) is 0 Å². The monoisotopic (exact) mass is 177 g/mol. The molecule has 2 heteroatoms. The predicted molar refractivity (Wildman–Crippen MR) is 52.6 cm³/mol. The van der Waals surface area contributed by atoms with Crippen LogP contribution in [0.3, 0.4) is 0 Å². The molecule has 0 amide bonds. The molecule has 0 spiro atoms. The quantitative estimate of drug-likeness (QED) is 0.705. The molecule has 0 bridgehead atoms. The Morgan fingerprint density at radius 2 is 2.23 bits per heavy atom. The second kappa shape index (κ2) is 4.75. The number of hydrogen-bond acceptors (Lipinski definition) is 2. The lowest BCUT2D eigenvalue weighted by Crippen LogP contribution is -1.98. The van der Waals surface area contributed by atoms with Gasteiger partial charge in [0, 0.05) is 18.8 Å². The summed E-state index contributed by atoms with van der Waals surface area (Å²) in [5, 5.41) is 0. The molecular weight excluding hydrogens is 162 g/mol. The summed E-state index contributed by atoms with van der Waals surface area (Å²) in [7, 11) is 0. The standard InChI is InChI=1S/C11H15NO/c1-3-10-8-12-7-6-11(10)5-4-9(2)13/h6-8H,3-5H2,1-2H3. The maximum Gasteiger partial charge on any atom is 0.130 e. The van der Waals surface area contributed by atoms with Gasteiger partial charge in [-0.15, -0.1) is 0 Å². The topological polar surface area (TPSA) is 30.0 Å². The van der Waals surface area contributed by atoms with Crippen molar-refractivity contribution in [2.24, 2.45) is 0 Å². The number of rotatable bonds is 4. The van der Waals surface area contributed by atoms with Crippen molar-refractivity contribution in [3.05, 3.63) is 29.6 Å². The first-order valence-corrected chi connectivity index (χ1v) is 4.65. The number of pyridine rings is 1. The van der Waals surface area contributed by atoms with Crippen LogP contribution < -0.4 is 0 Å². The summed E-state index contributed by atoms with van der Waals surface area (Å²) >= 11 is 0. The maximum absolute atomic E-state index is 10.8. The SMILES string of the molecule is CCc1cnccc1CCC(C)=O. The first-order chi connectivity index (χ1) is 6.24. The second-order valence-corrected chi connectivity index (χ2v) is 3.20. The minimum Gasteiger partial charge on any atom is -0.300 e. The highest BCUT2D eigenvalue weighted by molar-refractivity contribution is 5.75. The molecule has 0 N–H and O–H groups in total. The van der Waals surface area contributed by atoms with Crippen LogP contribution in [0.15, 0.2) is 18.5 Å². The fraction of sp³-hybridized carbons (Fsp3) is 0.455. The lowest BCUT2D eigenvalue weighted by Gasteiger charge is -2.04. The molecule has 0 atom stereocenters. The van der Waals surface area contributed by atoms with Crippen LogP contribution in [0.4, 0.5) is 0 Å². The summed E-state index contributed by atoms with van der Waals surface area (Å²) in [5.74, 6) is 0.249. The van der Waals surface area contributed by atoms with Crippen molar-refractivity contribution in [3.63, 3.8) is 0 Å². The Bertz CT molecular complexity index is 294. The number of hydrogen-bond donors (Lipinski definition) is 0. The van der Waals surface area contributed by atoms with E-state index in [0.29, 0.717) is 6.42 Å². The van der Waals surface area contributed by atoms with Crippen LogP contribution in [0.2, 0.25) is 0 Å². The van der Waals surface area contributed by atoms with Crippen LogP contribution in [0.25, 0.3) is 0 Å². The smallest absolute Gasteiger partial charge is 0.130 e. The van der Waals surface area contributed by atoms with Gasteiger partial charge in [-0.05, 0) is 37.0 Å². The van der Waals surface area contributed by atoms with Crippen LogP contribution in [0.5, 0.6) is 0 Å². The van der Waals surface area contributed by atoms with Crippen LogP contribution >= 0.6 is 0 Å². The fourth-order valence-electron chi connectivity index (χ4n) is 1.33. The minimum absolute atomic E-state index is 0.249. The highest BCUT2D eigenvalue weighted by Gasteiger charge is 2.01. The number of aryl methyl sites for hydroxylation is 2. The number of nitrogens with zero attached hydrogens (tertiary/aromatic N) is 1. The molecular formula is C11H15NO. The molecule has 0 aromatic carbocycles. The van der Waals surface area contributed by atoms with E-state index in [-0.39, 0.29) is 5.78 Å². The van der Waals surface area contributed by atoms with Gasteiger partial charge in [0.1, 0.15) is 5.78 Å². The zero-order valence-corrected chi connectivity index (χ0v) is 8.21. The maximum atomic E-state index is 10.8. The molecule has 0 unspecified atom stereocenters. The zero-order chi connectivity index (χ0) is 9.68. The number of carbonyl (C=O) groups excluding carboxylic acids is 1. The summed E-state index contributed by atoms with van der Waals surface area (Å²) in [6.07, 6.45) is 6.14. The molecule has 0 aliphatic rings. The highest BCUT2D eigenvalue weighted by atomic mass is 16.1. The van der Waals surface area contributed by atoms with Crippen molar-refractivity contribution in [2.75, 3.05) is 0 Å². The molecule has 0 radical (unpaired) electrons. The van der Waals surface area contributed by atoms with E-state index in [9.17, 15) is 4.79 Å². The van der Waals surface area contributed by atoms with E-state index in [2.05, 4.69) is 11.9 Å². The first-order valence-electron chi connectivity index (χ1n) is 4.65. The van der Waals surface area contributed by atoms with Gasteiger partial charge in [-0.1, -0.05) is 6.92 Å². The molecule has 1 aromatic heterocycles. The Morgan fingerprint density at radius 1 is 1.46 bits per heavy atom. The average molecular weight is 177 g/mol. The fourth-order valence-corrected chi connectivity index (χ4v) is 1.33. The molecule has 70 valence electrons. The number of aromatic nitrogens is 1. The van der Waals surface area contributed by atoms with Gasteiger partial charge in [0.15, 0.2) is 0 Å². The summed E-state index contributed by atoms with van der Waals surface area (Å²) < 4.78 is 0. The normalized spacial score (nSPS) is 10.0. The van der Waals surface area contributed by atoms with E-state index in [1.165, 1.54) is 11.1 Å². The molecule has 1 aromatic rings. The summed E-state index contributed by atoms with van der Waals surface area (Å²) in [6.45, 7) is 3.74. The van der Waals surface area contributed by atoms with Crippen LogP contribution in [-0.4, -0.2) is 10.8 Å². The van der Waals surface area contributed by atoms with E-state index < -0.39 is 0 Å². The Hall–Kier alpha value is -1.18. The largest absolute Gasteiger partial charge is 0.300 e. The highest BCUT2D eigenvalue weighted by Crippen LogP contribution is 2.10. The molecule has 13 heavy (non-hydrogen) atoms. The van der Waals surface area contributed by atoms with Crippen molar-refractivity contribution < 1.29 is 4.79 Å². The van der Waals surface area contributed by atoms with Gasteiger partial charge in [-0.3, -0.25) is 4.98 Å². The molecule has 0 fully saturated rings. The van der Waals surface area contributed by atoms with E-state index in [1.807, 2.05) is 12.3 Å². The molecule has 0 aliphatic heterocycles.